The Morgan fingerprint density at radius 1 is 1.14 bits per heavy atom. The van der Waals surface area contributed by atoms with Crippen molar-refractivity contribution in [2.75, 3.05) is 0 Å². The Hall–Kier alpha value is -0.850. The molecule has 0 aromatic rings. The Kier molecular flexibility index (Phi) is 3.18. The molecule has 14 heavy (non-hydrogen) atoms. The van der Waals surface area contributed by atoms with Gasteiger partial charge in [-0.25, -0.2) is 0 Å². The first-order chi connectivity index (χ1) is 6.88. The summed E-state index contributed by atoms with van der Waals surface area (Å²) in [6.45, 7) is 0. The zero-order valence-corrected chi connectivity index (χ0v) is 8.61. The predicted molar refractivity (Wildman–Crippen MR) is 58.0 cm³/mol. The van der Waals surface area contributed by atoms with Crippen LogP contribution in [0.5, 0.6) is 0 Å². The smallest absolute Gasteiger partial charge is 0.136 e. The number of Topliss-reactive ketones (excluding diaryl/α,β-unsaturated/α-hetero) is 1. The van der Waals surface area contributed by atoms with Crippen LogP contribution in [-0.2, 0) is 4.79 Å². The first kappa shape index (κ1) is 9.70. The van der Waals surface area contributed by atoms with E-state index in [1.54, 1.807) is 0 Å². The monoisotopic (exact) mass is 190 g/mol. The SMILES string of the molecule is O=C1CCCCC1C1C=CC=CCC1. The zero-order chi connectivity index (χ0) is 9.80. The summed E-state index contributed by atoms with van der Waals surface area (Å²) < 4.78 is 0. The van der Waals surface area contributed by atoms with Gasteiger partial charge in [-0.3, -0.25) is 4.79 Å². The Balaban J connectivity index is 2.02. The lowest BCUT2D eigenvalue weighted by molar-refractivity contribution is -0.125. The van der Waals surface area contributed by atoms with Gasteiger partial charge in [-0.2, -0.15) is 0 Å². The molecule has 0 saturated heterocycles. The van der Waals surface area contributed by atoms with Crippen LogP contribution >= 0.6 is 0 Å². The van der Waals surface area contributed by atoms with Crippen LogP contribution in [0.25, 0.3) is 0 Å². The molecule has 0 N–H and O–H groups in total. The fourth-order valence-electron chi connectivity index (χ4n) is 2.56. The summed E-state index contributed by atoms with van der Waals surface area (Å²) in [6.07, 6.45) is 15.2. The van der Waals surface area contributed by atoms with Crippen molar-refractivity contribution < 1.29 is 4.79 Å². The van der Waals surface area contributed by atoms with Gasteiger partial charge in [0.15, 0.2) is 0 Å². The Morgan fingerprint density at radius 2 is 2.07 bits per heavy atom. The van der Waals surface area contributed by atoms with E-state index in [1.807, 2.05) is 0 Å². The standard InChI is InChI=1S/C13H18O/c14-13-10-6-5-9-12(13)11-7-3-1-2-4-8-11/h1-3,7,11-12H,4-6,8-10H2. The zero-order valence-electron chi connectivity index (χ0n) is 8.61. The second kappa shape index (κ2) is 4.59. The Bertz CT molecular complexity index is 262. The molecule has 2 rings (SSSR count). The summed E-state index contributed by atoms with van der Waals surface area (Å²) in [6, 6.07) is 0. The average molecular weight is 190 g/mol. The number of hydrogen-bond acceptors (Lipinski definition) is 1. The summed E-state index contributed by atoms with van der Waals surface area (Å²) in [5.41, 5.74) is 0. The van der Waals surface area contributed by atoms with Gasteiger partial charge in [0.05, 0.1) is 0 Å². The fraction of sp³-hybridized carbons (Fsp3) is 0.615. The molecule has 0 aromatic heterocycles. The second-order valence-corrected chi connectivity index (χ2v) is 4.37. The van der Waals surface area contributed by atoms with Crippen molar-refractivity contribution in [3.63, 3.8) is 0 Å². The highest BCUT2D eigenvalue weighted by atomic mass is 16.1. The summed E-state index contributed by atoms with van der Waals surface area (Å²) in [5.74, 6) is 1.35. The molecule has 0 aromatic carbocycles. The molecule has 76 valence electrons. The maximum absolute atomic E-state index is 11.8. The van der Waals surface area contributed by atoms with Crippen LogP contribution in [0.2, 0.25) is 0 Å². The van der Waals surface area contributed by atoms with Crippen LogP contribution in [0.15, 0.2) is 24.3 Å². The van der Waals surface area contributed by atoms with Gasteiger partial charge in [-0.1, -0.05) is 30.7 Å². The third-order valence-corrected chi connectivity index (χ3v) is 3.39. The third kappa shape index (κ3) is 2.14. The predicted octanol–water partition coefficient (Wildman–Crippen LogP) is 3.27. The lowest BCUT2D eigenvalue weighted by Crippen LogP contribution is -2.25. The lowest BCUT2D eigenvalue weighted by Gasteiger charge is -2.26. The van der Waals surface area contributed by atoms with Crippen molar-refractivity contribution >= 4 is 5.78 Å². The van der Waals surface area contributed by atoms with E-state index in [9.17, 15) is 4.79 Å². The minimum Gasteiger partial charge on any atom is -0.299 e. The largest absolute Gasteiger partial charge is 0.299 e. The molecular formula is C13H18O. The number of allylic oxidation sites excluding steroid dienone is 4. The first-order valence-corrected chi connectivity index (χ1v) is 5.74. The van der Waals surface area contributed by atoms with Gasteiger partial charge < -0.3 is 0 Å². The minimum atomic E-state index is 0.333. The fourth-order valence-corrected chi connectivity index (χ4v) is 2.56. The molecule has 0 aliphatic heterocycles. The van der Waals surface area contributed by atoms with E-state index in [-0.39, 0.29) is 0 Å². The molecule has 0 bridgehead atoms. The van der Waals surface area contributed by atoms with Gasteiger partial charge in [-0.15, -0.1) is 0 Å². The van der Waals surface area contributed by atoms with Crippen LogP contribution < -0.4 is 0 Å². The van der Waals surface area contributed by atoms with Crippen LogP contribution in [0.4, 0.5) is 0 Å². The maximum atomic E-state index is 11.8. The molecule has 0 radical (unpaired) electrons. The molecule has 1 nitrogen and oxygen atoms in total. The first-order valence-electron chi connectivity index (χ1n) is 5.74. The molecule has 2 unspecified atom stereocenters. The molecule has 2 atom stereocenters. The van der Waals surface area contributed by atoms with Gasteiger partial charge in [0.2, 0.25) is 0 Å². The second-order valence-electron chi connectivity index (χ2n) is 4.37. The van der Waals surface area contributed by atoms with Gasteiger partial charge in [-0.05, 0) is 31.6 Å². The van der Waals surface area contributed by atoms with E-state index in [2.05, 4.69) is 24.3 Å². The molecule has 1 fully saturated rings. The third-order valence-electron chi connectivity index (χ3n) is 3.39. The number of carbonyl (C=O) groups excluding carboxylic acids is 1. The summed E-state index contributed by atoms with van der Waals surface area (Å²) in [5, 5.41) is 0. The van der Waals surface area contributed by atoms with Crippen LogP contribution in [0.3, 0.4) is 0 Å². The summed E-state index contributed by atoms with van der Waals surface area (Å²) in [7, 11) is 0. The van der Waals surface area contributed by atoms with Crippen LogP contribution in [0.1, 0.15) is 38.5 Å². The quantitative estimate of drug-likeness (QED) is 0.620. The van der Waals surface area contributed by atoms with Gasteiger partial charge in [0.25, 0.3) is 0 Å². The molecule has 0 amide bonds. The highest BCUT2D eigenvalue weighted by molar-refractivity contribution is 5.82. The van der Waals surface area contributed by atoms with E-state index in [4.69, 9.17) is 0 Å². The van der Waals surface area contributed by atoms with Crippen molar-refractivity contribution in [3.05, 3.63) is 24.3 Å². The maximum Gasteiger partial charge on any atom is 0.136 e. The number of hydrogen-bond donors (Lipinski definition) is 0. The van der Waals surface area contributed by atoms with Crippen molar-refractivity contribution in [2.45, 2.75) is 38.5 Å². The van der Waals surface area contributed by atoms with E-state index in [1.165, 1.54) is 6.42 Å². The number of rotatable bonds is 1. The van der Waals surface area contributed by atoms with Crippen molar-refractivity contribution in [1.29, 1.82) is 0 Å². The highest BCUT2D eigenvalue weighted by Gasteiger charge is 2.28. The van der Waals surface area contributed by atoms with Crippen molar-refractivity contribution in [1.82, 2.24) is 0 Å². The molecule has 1 saturated carbocycles. The summed E-state index contributed by atoms with van der Waals surface area (Å²) >= 11 is 0. The average Bonchev–Trinajstić information content (AvgIpc) is 2.47. The van der Waals surface area contributed by atoms with Gasteiger partial charge in [0, 0.05) is 12.3 Å². The topological polar surface area (TPSA) is 17.1 Å². The van der Waals surface area contributed by atoms with E-state index < -0.39 is 0 Å². The number of ketones is 1. The van der Waals surface area contributed by atoms with E-state index >= 15 is 0 Å². The van der Waals surface area contributed by atoms with Gasteiger partial charge >= 0.3 is 0 Å². The van der Waals surface area contributed by atoms with Crippen molar-refractivity contribution in [3.8, 4) is 0 Å². The molecule has 1 heteroatoms. The Labute approximate surface area is 85.9 Å². The van der Waals surface area contributed by atoms with Gasteiger partial charge in [0.1, 0.15) is 5.78 Å². The number of carbonyl (C=O) groups is 1. The van der Waals surface area contributed by atoms with E-state index in [0.717, 1.165) is 32.1 Å². The lowest BCUT2D eigenvalue weighted by atomic mass is 9.77. The summed E-state index contributed by atoms with van der Waals surface area (Å²) in [4.78, 5) is 11.8. The minimum absolute atomic E-state index is 0.333. The van der Waals surface area contributed by atoms with Crippen LogP contribution in [0, 0.1) is 11.8 Å². The van der Waals surface area contributed by atoms with Crippen LogP contribution in [-0.4, -0.2) is 5.78 Å². The highest BCUT2D eigenvalue weighted by Crippen LogP contribution is 2.31. The molecule has 0 spiro atoms. The molecule has 2 aliphatic carbocycles. The van der Waals surface area contributed by atoms with E-state index in [0.29, 0.717) is 17.6 Å². The molecule has 0 heterocycles. The Morgan fingerprint density at radius 3 is 2.93 bits per heavy atom. The normalized spacial score (nSPS) is 33.0. The molecule has 2 aliphatic rings. The van der Waals surface area contributed by atoms with Crippen molar-refractivity contribution in [2.24, 2.45) is 11.8 Å². The molecular weight excluding hydrogens is 172 g/mol.